The molecule has 0 saturated heterocycles. The molecule has 1 aliphatic rings. The Balaban J connectivity index is 1.57. The molecular weight excluding hydrogens is 330 g/mol. The number of aromatic nitrogens is 2. The number of hydrogen-bond acceptors (Lipinski definition) is 4. The van der Waals surface area contributed by atoms with Crippen molar-refractivity contribution in [2.24, 2.45) is 10.9 Å². The van der Waals surface area contributed by atoms with E-state index in [9.17, 15) is 4.79 Å². The van der Waals surface area contributed by atoms with Crippen molar-refractivity contribution < 1.29 is 14.6 Å². The Morgan fingerprint density at radius 2 is 2.35 bits per heavy atom. The second-order valence-corrected chi connectivity index (χ2v) is 6.22. The molecule has 0 spiro atoms. The van der Waals surface area contributed by atoms with Crippen LogP contribution >= 0.6 is 0 Å². The summed E-state index contributed by atoms with van der Waals surface area (Å²) < 4.78 is 5.82. The second kappa shape index (κ2) is 8.29. The number of H-pyrrole nitrogens is 1. The third kappa shape index (κ3) is 4.69. The van der Waals surface area contributed by atoms with Crippen LogP contribution in [0.15, 0.2) is 65.6 Å². The molecule has 2 aromatic rings. The van der Waals surface area contributed by atoms with Crippen LogP contribution in [0.1, 0.15) is 29.2 Å². The number of aromatic amines is 1. The molecule has 2 atom stereocenters. The van der Waals surface area contributed by atoms with Gasteiger partial charge >= 0.3 is 5.97 Å². The minimum atomic E-state index is -0.721. The molecule has 2 unspecified atom stereocenters. The predicted molar refractivity (Wildman–Crippen MR) is 98.8 cm³/mol. The van der Waals surface area contributed by atoms with Crippen LogP contribution in [0.2, 0.25) is 0 Å². The third-order valence-electron chi connectivity index (χ3n) is 4.29. The number of aliphatic carboxylic acids is 1. The van der Waals surface area contributed by atoms with Gasteiger partial charge in [-0.05, 0) is 42.3 Å². The van der Waals surface area contributed by atoms with Gasteiger partial charge in [-0.25, -0.2) is 0 Å². The average Bonchev–Trinajstić information content (AvgIpc) is 3.29. The summed E-state index contributed by atoms with van der Waals surface area (Å²) >= 11 is 0. The number of carboxylic acid groups (broad SMARTS) is 1. The number of carbonyl (C=O) groups is 1. The van der Waals surface area contributed by atoms with Crippen molar-refractivity contribution in [3.8, 4) is 0 Å². The van der Waals surface area contributed by atoms with Gasteiger partial charge < -0.3 is 9.84 Å². The lowest BCUT2D eigenvalue weighted by Crippen LogP contribution is -1.99. The quantitative estimate of drug-likeness (QED) is 0.411. The molecule has 3 rings (SSSR count). The number of benzene rings is 1. The maximum absolute atomic E-state index is 11.0. The Hall–Kier alpha value is -3.15. The van der Waals surface area contributed by atoms with Crippen molar-refractivity contribution in [1.82, 2.24) is 10.2 Å². The molecule has 6 nitrogen and oxygen atoms in total. The highest BCUT2D eigenvalue weighted by molar-refractivity contribution is 5.75. The predicted octanol–water partition coefficient (Wildman–Crippen LogP) is 3.46. The zero-order valence-electron chi connectivity index (χ0n) is 14.3. The van der Waals surface area contributed by atoms with Crippen LogP contribution in [0.3, 0.4) is 0 Å². The molecule has 134 valence electrons. The lowest BCUT2D eigenvalue weighted by atomic mass is 10.1. The lowest BCUT2D eigenvalue weighted by Gasteiger charge is -2.08. The van der Waals surface area contributed by atoms with E-state index in [1.165, 1.54) is 0 Å². The van der Waals surface area contributed by atoms with Gasteiger partial charge in [0, 0.05) is 18.3 Å². The fourth-order valence-electron chi connectivity index (χ4n) is 2.84. The number of nitrogens with one attached hydrogen (secondary N) is 1. The summed E-state index contributed by atoms with van der Waals surface area (Å²) in [6, 6.07) is 9.81. The number of aliphatic imine (C=N–C) groups is 1. The highest BCUT2D eigenvalue weighted by atomic mass is 16.5. The number of ether oxygens (including phenoxy) is 1. The first-order valence-electron chi connectivity index (χ1n) is 8.42. The van der Waals surface area contributed by atoms with Gasteiger partial charge in [0.15, 0.2) is 0 Å². The van der Waals surface area contributed by atoms with Crippen molar-refractivity contribution in [2.75, 3.05) is 0 Å². The van der Waals surface area contributed by atoms with Crippen molar-refractivity contribution in [2.45, 2.75) is 25.4 Å². The van der Waals surface area contributed by atoms with E-state index in [-0.39, 0.29) is 11.8 Å². The summed E-state index contributed by atoms with van der Waals surface area (Å²) in [5.74, 6) is -0.246. The molecule has 0 radical (unpaired) electrons. The minimum Gasteiger partial charge on any atom is -0.487 e. The summed E-state index contributed by atoms with van der Waals surface area (Å²) in [4.78, 5) is 14.8. The van der Waals surface area contributed by atoms with Crippen molar-refractivity contribution in [1.29, 1.82) is 0 Å². The second-order valence-electron chi connectivity index (χ2n) is 6.22. The van der Waals surface area contributed by atoms with Crippen molar-refractivity contribution in [3.63, 3.8) is 0 Å². The Morgan fingerprint density at radius 3 is 3.04 bits per heavy atom. The molecule has 1 aromatic heterocycles. The number of nitrogens with zero attached hydrogens (tertiary/aromatic N) is 2. The number of allylic oxidation sites excluding steroid dienone is 2. The molecule has 1 fully saturated rings. The standard InChI is InChI=1S/C20H21N3O3/c1-21-12-17(7-3-6-16-8-9-22-23-16)26-13-14-4-2-5-15(10-14)18-11-19(18)20(24)25/h2-5,7-10,12,18-19H,1,6,11,13H2,(H,22,23)(H,24,25)/b7-3-,17-12+. The van der Waals surface area contributed by atoms with Gasteiger partial charge in [0.2, 0.25) is 0 Å². The highest BCUT2D eigenvalue weighted by Crippen LogP contribution is 2.47. The Morgan fingerprint density at radius 1 is 1.46 bits per heavy atom. The van der Waals surface area contributed by atoms with Crippen molar-refractivity contribution >= 4 is 12.7 Å². The van der Waals surface area contributed by atoms with Gasteiger partial charge in [-0.1, -0.05) is 30.3 Å². The molecular formula is C20H21N3O3. The normalized spacial score (nSPS) is 19.5. The van der Waals surface area contributed by atoms with E-state index in [1.807, 2.05) is 42.5 Å². The van der Waals surface area contributed by atoms with Gasteiger partial charge in [0.1, 0.15) is 12.4 Å². The smallest absolute Gasteiger partial charge is 0.307 e. The minimum absolute atomic E-state index is 0.117. The van der Waals surface area contributed by atoms with Crippen LogP contribution in [-0.2, 0) is 22.6 Å². The molecule has 0 amide bonds. The summed E-state index contributed by atoms with van der Waals surface area (Å²) in [7, 11) is 0. The molecule has 1 saturated carbocycles. The fraction of sp³-hybridized carbons (Fsp3) is 0.250. The Bertz CT molecular complexity index is 825. The number of hydrogen-bond donors (Lipinski definition) is 2. The van der Waals surface area contributed by atoms with Crippen LogP contribution in [0.25, 0.3) is 0 Å². The van der Waals surface area contributed by atoms with Crippen LogP contribution in [0, 0.1) is 5.92 Å². The monoisotopic (exact) mass is 351 g/mol. The topological polar surface area (TPSA) is 87.6 Å². The fourth-order valence-corrected chi connectivity index (χ4v) is 2.84. The molecule has 0 aliphatic heterocycles. The SMILES string of the molecule is C=N/C=C(\C=C/Cc1ccn[nH]1)OCc1cccc(C2CC2C(=O)O)c1. The number of carboxylic acids is 1. The molecule has 2 N–H and O–H groups in total. The van der Waals surface area contributed by atoms with E-state index in [0.717, 1.165) is 16.8 Å². The lowest BCUT2D eigenvalue weighted by molar-refractivity contribution is -0.138. The van der Waals surface area contributed by atoms with Crippen molar-refractivity contribution in [3.05, 3.63) is 77.5 Å². The Kier molecular flexibility index (Phi) is 5.63. The molecule has 1 aromatic carbocycles. The van der Waals surface area contributed by atoms with Gasteiger partial charge in [0.05, 0.1) is 12.1 Å². The third-order valence-corrected chi connectivity index (χ3v) is 4.29. The van der Waals surface area contributed by atoms with Gasteiger partial charge in [0.25, 0.3) is 0 Å². The summed E-state index contributed by atoms with van der Waals surface area (Å²) in [5, 5.41) is 15.9. The van der Waals surface area contributed by atoms with Crippen LogP contribution in [-0.4, -0.2) is 28.0 Å². The molecule has 1 heterocycles. The maximum Gasteiger partial charge on any atom is 0.307 e. The molecule has 6 heteroatoms. The van der Waals surface area contributed by atoms with Gasteiger partial charge in [-0.15, -0.1) is 0 Å². The molecule has 26 heavy (non-hydrogen) atoms. The molecule has 0 bridgehead atoms. The maximum atomic E-state index is 11.0. The summed E-state index contributed by atoms with van der Waals surface area (Å²) in [5.41, 5.74) is 3.06. The largest absolute Gasteiger partial charge is 0.487 e. The zero-order valence-corrected chi connectivity index (χ0v) is 14.3. The highest BCUT2D eigenvalue weighted by Gasteiger charge is 2.44. The van der Waals surface area contributed by atoms with Crippen LogP contribution in [0.4, 0.5) is 0 Å². The summed E-state index contributed by atoms with van der Waals surface area (Å²) in [6.45, 7) is 3.85. The van der Waals surface area contributed by atoms with E-state index < -0.39 is 5.97 Å². The van der Waals surface area contributed by atoms with Crippen LogP contribution in [0.5, 0.6) is 0 Å². The Labute approximate surface area is 151 Å². The average molecular weight is 351 g/mol. The zero-order chi connectivity index (χ0) is 18.4. The first kappa shape index (κ1) is 17.7. The van der Waals surface area contributed by atoms with E-state index >= 15 is 0 Å². The van der Waals surface area contributed by atoms with E-state index in [0.29, 0.717) is 25.2 Å². The van der Waals surface area contributed by atoms with Gasteiger partial charge in [-0.3, -0.25) is 14.9 Å². The van der Waals surface area contributed by atoms with E-state index in [2.05, 4.69) is 21.9 Å². The van der Waals surface area contributed by atoms with Crippen LogP contribution < -0.4 is 0 Å². The molecule has 1 aliphatic carbocycles. The number of rotatable bonds is 9. The van der Waals surface area contributed by atoms with E-state index in [1.54, 1.807) is 12.4 Å². The van der Waals surface area contributed by atoms with Gasteiger partial charge in [-0.2, -0.15) is 5.10 Å². The first-order valence-corrected chi connectivity index (χ1v) is 8.42. The first-order chi connectivity index (χ1) is 12.7. The summed E-state index contributed by atoms with van der Waals surface area (Å²) in [6.07, 6.45) is 8.51. The van der Waals surface area contributed by atoms with E-state index in [4.69, 9.17) is 9.84 Å².